The van der Waals surface area contributed by atoms with Gasteiger partial charge in [0.05, 0.1) is 0 Å². The third kappa shape index (κ3) is 3.81. The normalized spacial score (nSPS) is 27.0. The quantitative estimate of drug-likeness (QED) is 0.827. The van der Waals surface area contributed by atoms with Crippen molar-refractivity contribution in [3.8, 4) is 0 Å². The van der Waals surface area contributed by atoms with Crippen molar-refractivity contribution in [2.45, 2.75) is 50.5 Å². The van der Waals surface area contributed by atoms with E-state index in [-0.39, 0.29) is 5.92 Å². The van der Waals surface area contributed by atoms with Crippen molar-refractivity contribution in [2.75, 3.05) is 39.4 Å². The second-order valence-corrected chi connectivity index (χ2v) is 8.17. The highest BCUT2D eigenvalue weighted by molar-refractivity contribution is 5.79. The number of aromatic nitrogens is 2. The zero-order valence-electron chi connectivity index (χ0n) is 16.0. The van der Waals surface area contributed by atoms with Crippen LogP contribution in [0.4, 0.5) is 0 Å². The lowest BCUT2D eigenvalue weighted by molar-refractivity contribution is -0.138. The molecule has 6 heteroatoms. The highest BCUT2D eigenvalue weighted by atomic mass is 16.5. The summed E-state index contributed by atoms with van der Waals surface area (Å²) in [5.74, 6) is 2.11. The summed E-state index contributed by atoms with van der Waals surface area (Å²) in [6.45, 7) is 5.68. The summed E-state index contributed by atoms with van der Waals surface area (Å²) in [5, 5.41) is 0. The van der Waals surface area contributed by atoms with Gasteiger partial charge in [0.15, 0.2) is 0 Å². The van der Waals surface area contributed by atoms with Crippen molar-refractivity contribution in [3.05, 3.63) is 18.2 Å². The summed E-state index contributed by atoms with van der Waals surface area (Å²) in [5.41, 5.74) is 0. The van der Waals surface area contributed by atoms with E-state index < -0.39 is 0 Å². The number of likely N-dealkylation sites (tertiary alicyclic amines) is 2. The smallest absolute Gasteiger partial charge is 0.225 e. The number of hydrogen-bond donors (Lipinski definition) is 0. The molecule has 1 atom stereocenters. The Morgan fingerprint density at radius 2 is 1.88 bits per heavy atom. The van der Waals surface area contributed by atoms with Crippen molar-refractivity contribution in [3.63, 3.8) is 0 Å². The van der Waals surface area contributed by atoms with E-state index in [1.807, 2.05) is 12.4 Å². The van der Waals surface area contributed by atoms with E-state index in [9.17, 15) is 4.79 Å². The molecule has 3 aliphatic rings. The Kier molecular flexibility index (Phi) is 5.60. The molecule has 4 rings (SSSR count). The fraction of sp³-hybridized carbons (Fsp3) is 0.800. The first-order chi connectivity index (χ1) is 12.7. The van der Waals surface area contributed by atoms with Crippen LogP contribution < -0.4 is 0 Å². The Hall–Kier alpha value is -1.40. The number of nitrogens with zero attached hydrogens (tertiary/aromatic N) is 4. The van der Waals surface area contributed by atoms with Crippen molar-refractivity contribution < 1.29 is 9.53 Å². The number of carbonyl (C=O) groups is 1. The summed E-state index contributed by atoms with van der Waals surface area (Å²) in [6.07, 6.45) is 10.4. The number of aryl methyl sites for hydroxylation is 1. The van der Waals surface area contributed by atoms with Crippen molar-refractivity contribution in [1.82, 2.24) is 19.4 Å². The van der Waals surface area contributed by atoms with Crippen LogP contribution in [0.15, 0.2) is 12.4 Å². The molecule has 3 saturated heterocycles. The van der Waals surface area contributed by atoms with E-state index in [4.69, 9.17) is 4.74 Å². The Morgan fingerprint density at radius 1 is 1.12 bits per heavy atom. The molecule has 0 bridgehead atoms. The second kappa shape index (κ2) is 8.09. The first-order valence-electron chi connectivity index (χ1n) is 10.3. The maximum atomic E-state index is 13.1. The third-order valence-corrected chi connectivity index (χ3v) is 6.54. The lowest BCUT2D eigenvalue weighted by atomic mass is 9.90. The first-order valence-corrected chi connectivity index (χ1v) is 10.3. The lowest BCUT2D eigenvalue weighted by Gasteiger charge is -2.41. The number of rotatable bonds is 3. The molecular weight excluding hydrogens is 328 g/mol. The van der Waals surface area contributed by atoms with Crippen molar-refractivity contribution in [2.24, 2.45) is 13.0 Å². The molecule has 0 radical (unpaired) electrons. The van der Waals surface area contributed by atoms with Gasteiger partial charge in [0.25, 0.3) is 0 Å². The molecular formula is C20H32N4O2. The lowest BCUT2D eigenvalue weighted by Crippen LogP contribution is -2.48. The van der Waals surface area contributed by atoms with Crippen LogP contribution in [0.2, 0.25) is 0 Å². The number of ether oxygens (including phenoxy) is 1. The van der Waals surface area contributed by atoms with Gasteiger partial charge in [-0.3, -0.25) is 4.79 Å². The molecule has 6 nitrogen and oxygen atoms in total. The fourth-order valence-electron chi connectivity index (χ4n) is 4.98. The van der Waals surface area contributed by atoms with Gasteiger partial charge in [0, 0.05) is 63.6 Å². The van der Waals surface area contributed by atoms with E-state index in [1.165, 1.54) is 0 Å². The maximum absolute atomic E-state index is 13.1. The molecule has 0 aliphatic carbocycles. The zero-order chi connectivity index (χ0) is 17.9. The van der Waals surface area contributed by atoms with Gasteiger partial charge in [-0.1, -0.05) is 0 Å². The molecule has 0 unspecified atom stereocenters. The van der Waals surface area contributed by atoms with E-state index >= 15 is 0 Å². The predicted octanol–water partition coefficient (Wildman–Crippen LogP) is 2.02. The Labute approximate surface area is 156 Å². The molecule has 0 saturated carbocycles. The fourth-order valence-corrected chi connectivity index (χ4v) is 4.98. The average molecular weight is 361 g/mol. The minimum Gasteiger partial charge on any atom is -0.381 e. The monoisotopic (exact) mass is 360 g/mol. The standard InChI is InChI=1S/C20H32N4O2/c1-22-12-8-21-19(22)17-3-2-9-24(15-17)20(25)16-4-10-23(11-5-16)18-6-13-26-14-7-18/h8,12,16-18H,2-7,9-11,13-15H2,1H3/t17-/m1/s1. The SMILES string of the molecule is Cn1ccnc1[C@@H]1CCCN(C(=O)C2CCN(C3CCOCC3)CC2)C1. The van der Waals surface area contributed by atoms with Gasteiger partial charge in [-0.2, -0.15) is 0 Å². The van der Waals surface area contributed by atoms with E-state index in [2.05, 4.69) is 26.4 Å². The number of carbonyl (C=O) groups excluding carboxylic acids is 1. The summed E-state index contributed by atoms with van der Waals surface area (Å²) >= 11 is 0. The van der Waals surface area contributed by atoms with Gasteiger partial charge in [0.2, 0.25) is 5.91 Å². The number of piperidine rings is 2. The van der Waals surface area contributed by atoms with E-state index in [0.29, 0.717) is 17.9 Å². The van der Waals surface area contributed by atoms with Gasteiger partial charge < -0.3 is 19.1 Å². The van der Waals surface area contributed by atoms with Crippen LogP contribution >= 0.6 is 0 Å². The Bertz CT molecular complexity index is 603. The van der Waals surface area contributed by atoms with E-state index in [0.717, 1.165) is 83.7 Å². The summed E-state index contributed by atoms with van der Waals surface area (Å²) in [6, 6.07) is 0.669. The zero-order valence-corrected chi connectivity index (χ0v) is 16.0. The molecule has 0 spiro atoms. The van der Waals surface area contributed by atoms with Gasteiger partial charge >= 0.3 is 0 Å². The van der Waals surface area contributed by atoms with E-state index in [1.54, 1.807) is 0 Å². The summed E-state index contributed by atoms with van der Waals surface area (Å²) < 4.78 is 7.59. The molecule has 4 heterocycles. The van der Waals surface area contributed by atoms with Gasteiger partial charge in [0.1, 0.15) is 5.82 Å². The van der Waals surface area contributed by atoms with Gasteiger partial charge in [-0.25, -0.2) is 4.98 Å². The highest BCUT2D eigenvalue weighted by Crippen LogP contribution is 2.29. The molecule has 144 valence electrons. The third-order valence-electron chi connectivity index (χ3n) is 6.54. The molecule has 3 fully saturated rings. The van der Waals surface area contributed by atoms with Crippen LogP contribution in [-0.2, 0) is 16.6 Å². The Morgan fingerprint density at radius 3 is 2.58 bits per heavy atom. The summed E-state index contributed by atoms with van der Waals surface area (Å²) in [7, 11) is 2.05. The van der Waals surface area contributed by atoms with Crippen LogP contribution in [0.3, 0.4) is 0 Å². The predicted molar refractivity (Wildman–Crippen MR) is 99.9 cm³/mol. The largest absolute Gasteiger partial charge is 0.381 e. The second-order valence-electron chi connectivity index (χ2n) is 8.17. The van der Waals surface area contributed by atoms with Gasteiger partial charge in [-0.05, 0) is 51.6 Å². The molecule has 26 heavy (non-hydrogen) atoms. The molecule has 0 aromatic carbocycles. The Balaban J connectivity index is 1.31. The van der Waals surface area contributed by atoms with Crippen molar-refractivity contribution in [1.29, 1.82) is 0 Å². The molecule has 1 aromatic heterocycles. The van der Waals surface area contributed by atoms with Crippen LogP contribution in [0.5, 0.6) is 0 Å². The minimum atomic E-state index is 0.214. The molecule has 0 N–H and O–H groups in total. The summed E-state index contributed by atoms with van der Waals surface area (Å²) in [4.78, 5) is 22.3. The minimum absolute atomic E-state index is 0.214. The molecule has 1 amide bonds. The number of amides is 1. The topological polar surface area (TPSA) is 50.6 Å². The highest BCUT2D eigenvalue weighted by Gasteiger charge is 2.34. The maximum Gasteiger partial charge on any atom is 0.225 e. The average Bonchev–Trinajstić information content (AvgIpc) is 3.14. The molecule has 3 aliphatic heterocycles. The number of hydrogen-bond acceptors (Lipinski definition) is 4. The van der Waals surface area contributed by atoms with Crippen LogP contribution in [0.1, 0.15) is 50.3 Å². The van der Waals surface area contributed by atoms with Crippen LogP contribution in [0.25, 0.3) is 0 Å². The first kappa shape index (κ1) is 18.0. The van der Waals surface area contributed by atoms with Crippen molar-refractivity contribution >= 4 is 5.91 Å². The van der Waals surface area contributed by atoms with Crippen LogP contribution in [0, 0.1) is 5.92 Å². The van der Waals surface area contributed by atoms with Gasteiger partial charge in [-0.15, -0.1) is 0 Å². The molecule has 1 aromatic rings. The number of imidazole rings is 1. The van der Waals surface area contributed by atoms with Crippen LogP contribution in [-0.4, -0.2) is 70.7 Å².